The molecule has 1 aromatic carbocycles. The predicted octanol–water partition coefficient (Wildman–Crippen LogP) is 2.74. The van der Waals surface area contributed by atoms with Crippen molar-refractivity contribution in [1.29, 1.82) is 0 Å². The summed E-state index contributed by atoms with van der Waals surface area (Å²) in [6.07, 6.45) is 3.75. The second-order valence-electron chi connectivity index (χ2n) is 6.86. The molecule has 1 saturated heterocycles. The summed E-state index contributed by atoms with van der Waals surface area (Å²) in [6, 6.07) is 5.77. The molecule has 1 heterocycles. The summed E-state index contributed by atoms with van der Waals surface area (Å²) >= 11 is 0. The highest BCUT2D eigenvalue weighted by Gasteiger charge is 2.38. The lowest BCUT2D eigenvalue weighted by Crippen LogP contribution is -2.51. The van der Waals surface area contributed by atoms with E-state index >= 15 is 0 Å². The molecule has 1 atom stereocenters. The van der Waals surface area contributed by atoms with E-state index in [0.29, 0.717) is 17.9 Å². The van der Waals surface area contributed by atoms with Gasteiger partial charge in [-0.1, -0.05) is 6.07 Å². The molecule has 1 aliphatic rings. The van der Waals surface area contributed by atoms with Gasteiger partial charge in [-0.3, -0.25) is 4.79 Å². The highest BCUT2D eigenvalue weighted by atomic mass is 16.5. The molecule has 1 fully saturated rings. The van der Waals surface area contributed by atoms with Gasteiger partial charge >= 0.3 is 0 Å². The van der Waals surface area contributed by atoms with Crippen LogP contribution in [-0.4, -0.2) is 49.3 Å². The van der Waals surface area contributed by atoms with Crippen molar-refractivity contribution in [2.75, 3.05) is 27.4 Å². The molecular weight excluding hydrogens is 306 g/mol. The first kappa shape index (κ1) is 18.6. The lowest BCUT2D eigenvalue weighted by molar-refractivity contribution is -0.140. The third-order valence-electron chi connectivity index (χ3n) is 4.99. The van der Waals surface area contributed by atoms with E-state index in [1.807, 2.05) is 36.9 Å². The number of hydrogen-bond donors (Lipinski definition) is 1. The Balaban J connectivity index is 2.29. The van der Waals surface area contributed by atoms with Gasteiger partial charge in [0.1, 0.15) is 0 Å². The number of hydrogen-bond acceptors (Lipinski definition) is 4. The number of nitrogens with zero attached hydrogens (tertiary/aromatic N) is 1. The second-order valence-corrected chi connectivity index (χ2v) is 6.86. The fourth-order valence-electron chi connectivity index (χ4n) is 3.42. The minimum absolute atomic E-state index is 0.105. The van der Waals surface area contributed by atoms with Crippen LogP contribution in [0.4, 0.5) is 0 Å². The molecule has 24 heavy (non-hydrogen) atoms. The fourth-order valence-corrected chi connectivity index (χ4v) is 3.42. The highest BCUT2D eigenvalue weighted by Crippen LogP contribution is 2.35. The van der Waals surface area contributed by atoms with Crippen LogP contribution in [0.3, 0.4) is 0 Å². The van der Waals surface area contributed by atoms with E-state index in [1.54, 1.807) is 14.2 Å². The van der Waals surface area contributed by atoms with Crippen molar-refractivity contribution in [3.05, 3.63) is 23.8 Å². The summed E-state index contributed by atoms with van der Waals surface area (Å²) in [6.45, 7) is 4.77. The van der Waals surface area contributed by atoms with E-state index in [0.717, 1.165) is 31.4 Å². The van der Waals surface area contributed by atoms with Crippen LogP contribution in [0, 0.1) is 0 Å². The predicted molar refractivity (Wildman–Crippen MR) is 93.6 cm³/mol. The summed E-state index contributed by atoms with van der Waals surface area (Å²) in [5.41, 5.74) is 0.239. The first-order valence-corrected chi connectivity index (χ1v) is 8.60. The van der Waals surface area contributed by atoms with Gasteiger partial charge in [-0.15, -0.1) is 0 Å². The molecule has 5 heteroatoms. The van der Waals surface area contributed by atoms with Gasteiger partial charge < -0.3 is 19.5 Å². The van der Waals surface area contributed by atoms with Gasteiger partial charge in [-0.05, 0) is 57.2 Å². The number of carbonyl (C=O) groups excluding carboxylic acids is 1. The summed E-state index contributed by atoms with van der Waals surface area (Å²) in [5.74, 6) is 1.38. The normalized spacial score (nSPS) is 18.4. The van der Waals surface area contributed by atoms with Crippen LogP contribution in [0.2, 0.25) is 0 Å². The molecule has 1 aliphatic heterocycles. The molecule has 1 amide bonds. The minimum atomic E-state index is -0.662. The Hall–Kier alpha value is -1.75. The molecule has 1 aromatic rings. The number of benzene rings is 1. The number of rotatable bonds is 6. The van der Waals surface area contributed by atoms with Crippen molar-refractivity contribution in [2.24, 2.45) is 0 Å². The number of piperidine rings is 1. The average molecular weight is 335 g/mol. The van der Waals surface area contributed by atoms with Crippen LogP contribution >= 0.6 is 0 Å². The number of methoxy groups -OCH3 is 2. The Morgan fingerprint density at radius 1 is 1.25 bits per heavy atom. The van der Waals surface area contributed by atoms with E-state index in [4.69, 9.17) is 9.47 Å². The Labute approximate surface area is 144 Å². The number of ether oxygens (including phenoxy) is 2. The largest absolute Gasteiger partial charge is 0.493 e. The number of amides is 1. The van der Waals surface area contributed by atoms with Gasteiger partial charge in [0.15, 0.2) is 11.5 Å². The summed E-state index contributed by atoms with van der Waals surface area (Å²) < 4.78 is 10.7. The van der Waals surface area contributed by atoms with Crippen LogP contribution in [-0.2, 0) is 10.2 Å². The molecule has 5 nitrogen and oxygen atoms in total. The van der Waals surface area contributed by atoms with Crippen molar-refractivity contribution in [3.63, 3.8) is 0 Å². The van der Waals surface area contributed by atoms with Crippen LogP contribution in [0.15, 0.2) is 18.2 Å². The molecular formula is C19H29NO4. The van der Waals surface area contributed by atoms with Crippen LogP contribution in [0.1, 0.15) is 45.1 Å². The van der Waals surface area contributed by atoms with Gasteiger partial charge in [0.2, 0.25) is 5.91 Å². The third kappa shape index (κ3) is 3.66. The van der Waals surface area contributed by atoms with Crippen LogP contribution < -0.4 is 9.47 Å². The average Bonchev–Trinajstić information content (AvgIpc) is 2.61. The zero-order valence-corrected chi connectivity index (χ0v) is 15.2. The standard InChI is InChI=1S/C19H29NO4/c1-19(2,14-8-9-16(23-3)17(13-14)24-4)18(22)20-11-6-5-7-15(20)10-12-21/h8-9,13,15,21H,5-7,10-12H2,1-4H3. The Bertz CT molecular complexity index is 568. The molecule has 0 saturated carbocycles. The van der Waals surface area contributed by atoms with Gasteiger partial charge in [0.05, 0.1) is 19.6 Å². The fraction of sp³-hybridized carbons (Fsp3) is 0.632. The quantitative estimate of drug-likeness (QED) is 0.868. The van der Waals surface area contributed by atoms with Gasteiger partial charge in [-0.2, -0.15) is 0 Å². The molecule has 0 radical (unpaired) electrons. The topological polar surface area (TPSA) is 59.0 Å². The Kier molecular flexibility index (Phi) is 6.10. The number of aliphatic hydroxyl groups is 1. The van der Waals surface area contributed by atoms with Crippen LogP contribution in [0.5, 0.6) is 11.5 Å². The summed E-state index contributed by atoms with van der Waals surface area (Å²) in [7, 11) is 3.19. The molecule has 2 rings (SSSR count). The number of carbonyl (C=O) groups is 1. The summed E-state index contributed by atoms with van der Waals surface area (Å²) in [5, 5.41) is 9.30. The zero-order chi connectivity index (χ0) is 17.7. The lowest BCUT2D eigenvalue weighted by atomic mass is 9.81. The van der Waals surface area contributed by atoms with E-state index in [-0.39, 0.29) is 18.6 Å². The molecule has 0 bridgehead atoms. The summed E-state index contributed by atoms with van der Waals surface area (Å²) in [4.78, 5) is 15.2. The molecule has 0 aromatic heterocycles. The second kappa shape index (κ2) is 7.88. The van der Waals surface area contributed by atoms with Crippen molar-refractivity contribution in [1.82, 2.24) is 4.90 Å². The maximum atomic E-state index is 13.2. The number of likely N-dealkylation sites (tertiary alicyclic amines) is 1. The van der Waals surface area contributed by atoms with E-state index in [2.05, 4.69) is 0 Å². The van der Waals surface area contributed by atoms with Crippen molar-refractivity contribution in [2.45, 2.75) is 51.0 Å². The SMILES string of the molecule is COc1ccc(C(C)(C)C(=O)N2CCCCC2CCO)cc1OC. The molecule has 134 valence electrons. The monoisotopic (exact) mass is 335 g/mol. The highest BCUT2D eigenvalue weighted by molar-refractivity contribution is 5.88. The minimum Gasteiger partial charge on any atom is -0.493 e. The lowest BCUT2D eigenvalue weighted by Gasteiger charge is -2.40. The van der Waals surface area contributed by atoms with Gasteiger partial charge in [0.25, 0.3) is 0 Å². The maximum Gasteiger partial charge on any atom is 0.232 e. The molecule has 1 unspecified atom stereocenters. The van der Waals surface area contributed by atoms with Gasteiger partial charge in [-0.25, -0.2) is 0 Å². The smallest absolute Gasteiger partial charge is 0.232 e. The van der Waals surface area contributed by atoms with Crippen molar-refractivity contribution in [3.8, 4) is 11.5 Å². The van der Waals surface area contributed by atoms with Crippen molar-refractivity contribution < 1.29 is 19.4 Å². The van der Waals surface area contributed by atoms with Crippen LogP contribution in [0.25, 0.3) is 0 Å². The van der Waals surface area contributed by atoms with E-state index in [9.17, 15) is 9.90 Å². The third-order valence-corrected chi connectivity index (χ3v) is 4.99. The Morgan fingerprint density at radius 3 is 2.58 bits per heavy atom. The zero-order valence-electron chi connectivity index (χ0n) is 15.2. The molecule has 1 N–H and O–H groups in total. The first-order chi connectivity index (χ1) is 11.5. The van der Waals surface area contributed by atoms with Crippen molar-refractivity contribution >= 4 is 5.91 Å². The molecule has 0 aliphatic carbocycles. The van der Waals surface area contributed by atoms with E-state index < -0.39 is 5.41 Å². The molecule has 0 spiro atoms. The van der Waals surface area contributed by atoms with Gasteiger partial charge in [0, 0.05) is 19.2 Å². The first-order valence-electron chi connectivity index (χ1n) is 8.60. The maximum absolute atomic E-state index is 13.2. The van der Waals surface area contributed by atoms with E-state index in [1.165, 1.54) is 0 Å². The Morgan fingerprint density at radius 2 is 1.96 bits per heavy atom. The number of aliphatic hydroxyl groups excluding tert-OH is 1.